The van der Waals surface area contributed by atoms with E-state index in [2.05, 4.69) is 21.1 Å². The van der Waals surface area contributed by atoms with E-state index in [9.17, 15) is 24.6 Å². The number of carboxylic acid groups (broad SMARTS) is 1. The number of aliphatic carboxylic acids is 1. The number of carbonyl (C=O) groups is 3. The van der Waals surface area contributed by atoms with Gasteiger partial charge in [0, 0.05) is 12.1 Å². The summed E-state index contributed by atoms with van der Waals surface area (Å²) >= 11 is 6.12. The quantitative estimate of drug-likeness (QED) is 0.146. The van der Waals surface area contributed by atoms with Crippen LogP contribution in [0, 0.1) is 0 Å². The van der Waals surface area contributed by atoms with Gasteiger partial charge in [0.25, 0.3) is 11.8 Å². The van der Waals surface area contributed by atoms with Gasteiger partial charge in [0.1, 0.15) is 11.8 Å². The molecule has 0 unspecified atom stereocenters. The average Bonchev–Trinajstić information content (AvgIpc) is 2.71. The first-order chi connectivity index (χ1) is 14.3. The topological polar surface area (TPSA) is 166 Å². The molecule has 2 aromatic rings. The highest BCUT2D eigenvalue weighted by Crippen LogP contribution is 2.18. The number of carboxylic acids is 1. The van der Waals surface area contributed by atoms with Crippen molar-refractivity contribution < 1.29 is 24.6 Å². The van der Waals surface area contributed by atoms with Crippen LogP contribution in [0.15, 0.2) is 47.5 Å². The fourth-order valence-corrected chi connectivity index (χ4v) is 2.69. The van der Waals surface area contributed by atoms with Crippen LogP contribution in [0.25, 0.3) is 0 Å². The van der Waals surface area contributed by atoms with Gasteiger partial charge in [-0.3, -0.25) is 14.6 Å². The van der Waals surface area contributed by atoms with Crippen molar-refractivity contribution in [2.24, 2.45) is 10.8 Å². The Balaban J connectivity index is 2.04. The number of nitrogens with two attached hydrogens (primary N) is 1. The van der Waals surface area contributed by atoms with Crippen LogP contribution in [0.1, 0.15) is 26.3 Å². The van der Waals surface area contributed by atoms with Gasteiger partial charge in [-0.1, -0.05) is 23.7 Å². The van der Waals surface area contributed by atoms with Gasteiger partial charge >= 0.3 is 5.97 Å². The number of hydrazine groups is 1. The Hall–Kier alpha value is -3.63. The number of phenolic OH excluding ortho intramolecular Hbond substituents is 1. The largest absolute Gasteiger partial charge is 0.508 e. The second-order valence-corrected chi connectivity index (χ2v) is 6.48. The average molecular weight is 434 g/mol. The Morgan fingerprint density at radius 1 is 1.17 bits per heavy atom. The predicted molar refractivity (Wildman–Crippen MR) is 110 cm³/mol. The number of amides is 2. The molecule has 0 aliphatic carbocycles. The number of hydrogen-bond donors (Lipinski definition) is 6. The van der Waals surface area contributed by atoms with Crippen LogP contribution in [0.5, 0.6) is 5.75 Å². The van der Waals surface area contributed by atoms with Gasteiger partial charge in [0.05, 0.1) is 23.5 Å². The lowest BCUT2D eigenvalue weighted by atomic mass is 10.1. The van der Waals surface area contributed by atoms with Gasteiger partial charge in [-0.2, -0.15) is 0 Å². The summed E-state index contributed by atoms with van der Waals surface area (Å²) in [5.74, 6) is 2.66. The monoisotopic (exact) mass is 433 g/mol. The molecule has 0 aliphatic rings. The van der Waals surface area contributed by atoms with E-state index in [0.717, 1.165) is 6.34 Å². The van der Waals surface area contributed by atoms with Crippen molar-refractivity contribution in [3.8, 4) is 5.75 Å². The van der Waals surface area contributed by atoms with E-state index in [1.54, 1.807) is 12.1 Å². The molecule has 7 N–H and O–H groups in total. The number of aromatic hydroxyl groups is 1. The summed E-state index contributed by atoms with van der Waals surface area (Å²) in [6.45, 7) is -0.0516. The minimum Gasteiger partial charge on any atom is -0.508 e. The van der Waals surface area contributed by atoms with Crippen LogP contribution in [-0.4, -0.2) is 46.9 Å². The fraction of sp³-hybridized carbons (Fsp3) is 0.158. The molecular formula is C19H20ClN5O5. The number of benzene rings is 2. The van der Waals surface area contributed by atoms with E-state index in [1.807, 2.05) is 0 Å². The van der Waals surface area contributed by atoms with Crippen molar-refractivity contribution in [1.29, 1.82) is 0 Å². The Kier molecular flexibility index (Phi) is 8.15. The van der Waals surface area contributed by atoms with Crippen LogP contribution >= 0.6 is 11.6 Å². The van der Waals surface area contributed by atoms with Crippen molar-refractivity contribution in [2.75, 3.05) is 6.54 Å². The van der Waals surface area contributed by atoms with Crippen LogP contribution in [0.2, 0.25) is 5.02 Å². The van der Waals surface area contributed by atoms with Gasteiger partial charge in [0.2, 0.25) is 0 Å². The molecule has 2 rings (SSSR count). The van der Waals surface area contributed by atoms with Gasteiger partial charge in [-0.25, -0.2) is 10.6 Å². The lowest BCUT2D eigenvalue weighted by Crippen LogP contribution is -2.43. The summed E-state index contributed by atoms with van der Waals surface area (Å²) in [7, 11) is 0. The number of nitrogens with zero attached hydrogens (tertiary/aromatic N) is 1. The van der Waals surface area contributed by atoms with Crippen LogP contribution < -0.4 is 21.9 Å². The molecule has 0 heterocycles. The molecule has 30 heavy (non-hydrogen) atoms. The second-order valence-electron chi connectivity index (χ2n) is 6.07. The van der Waals surface area contributed by atoms with Crippen molar-refractivity contribution in [3.05, 3.63) is 64.2 Å². The van der Waals surface area contributed by atoms with Crippen LogP contribution in [-0.2, 0) is 11.3 Å². The molecule has 0 aromatic heterocycles. The van der Waals surface area contributed by atoms with Crippen molar-refractivity contribution in [2.45, 2.75) is 12.6 Å². The highest BCUT2D eigenvalue weighted by molar-refractivity contribution is 6.34. The van der Waals surface area contributed by atoms with E-state index in [1.165, 1.54) is 30.3 Å². The number of carbonyl (C=O) groups excluding carboxylic acids is 2. The molecule has 0 saturated heterocycles. The number of aliphatic imine (C=N–C) groups is 1. The zero-order chi connectivity index (χ0) is 22.1. The zero-order valence-corrected chi connectivity index (χ0v) is 16.4. The van der Waals surface area contributed by atoms with E-state index in [0.29, 0.717) is 5.56 Å². The summed E-state index contributed by atoms with van der Waals surface area (Å²) < 4.78 is 0. The molecule has 11 heteroatoms. The smallest absolute Gasteiger partial charge is 0.328 e. The van der Waals surface area contributed by atoms with E-state index in [-0.39, 0.29) is 35.0 Å². The first-order valence-electron chi connectivity index (χ1n) is 8.65. The number of halogens is 1. The van der Waals surface area contributed by atoms with Gasteiger partial charge in [0.15, 0.2) is 0 Å². The number of phenols is 1. The normalized spacial score (nSPS) is 11.7. The second kappa shape index (κ2) is 10.8. The number of nitrogens with one attached hydrogen (secondary N) is 3. The molecule has 0 radical (unpaired) electrons. The molecule has 0 spiro atoms. The Morgan fingerprint density at radius 3 is 2.57 bits per heavy atom. The fourth-order valence-electron chi connectivity index (χ4n) is 2.42. The lowest BCUT2D eigenvalue weighted by molar-refractivity contribution is -0.138. The van der Waals surface area contributed by atoms with Gasteiger partial charge in [-0.05, 0) is 35.9 Å². The van der Waals surface area contributed by atoms with Crippen molar-refractivity contribution in [3.63, 3.8) is 0 Å². The third kappa shape index (κ3) is 6.47. The van der Waals surface area contributed by atoms with Crippen molar-refractivity contribution >= 4 is 35.7 Å². The highest BCUT2D eigenvalue weighted by Gasteiger charge is 2.22. The highest BCUT2D eigenvalue weighted by atomic mass is 35.5. The minimum absolute atomic E-state index is 0.00776. The molecular weight excluding hydrogens is 414 g/mol. The summed E-state index contributed by atoms with van der Waals surface area (Å²) in [5, 5.41) is 23.6. The molecule has 158 valence electrons. The summed E-state index contributed by atoms with van der Waals surface area (Å²) in [6.07, 6.45) is 1.10. The summed E-state index contributed by atoms with van der Waals surface area (Å²) in [5.41, 5.74) is 3.05. The first kappa shape index (κ1) is 22.7. The standard InChI is InChI=1S/C19H20ClN5O5/c20-15-7-12(17(27)23-8-11-2-1-3-13(26)6-11)4-5-14(15)18(28)25-16(19(29)30)9-22-10-24-21/h1-7,10,16,26H,8-9,21H2,(H,22,24)(H,23,27)(H,25,28)(H,29,30)/t16-/m0/s1. The predicted octanol–water partition coefficient (Wildman–Crippen LogP) is 0.650. The summed E-state index contributed by atoms with van der Waals surface area (Å²) in [4.78, 5) is 39.6. The molecule has 2 aromatic carbocycles. The molecule has 0 fully saturated rings. The number of rotatable bonds is 9. The maximum atomic E-state index is 12.4. The Bertz CT molecular complexity index is 966. The Morgan fingerprint density at radius 2 is 1.93 bits per heavy atom. The van der Waals surface area contributed by atoms with E-state index in [4.69, 9.17) is 17.4 Å². The molecule has 0 bridgehead atoms. The number of hydrogen-bond acceptors (Lipinski definition) is 6. The van der Waals surface area contributed by atoms with Crippen LogP contribution in [0.3, 0.4) is 0 Å². The maximum absolute atomic E-state index is 12.4. The Labute approximate surface area is 176 Å². The van der Waals surface area contributed by atoms with E-state index < -0.39 is 23.8 Å². The van der Waals surface area contributed by atoms with Gasteiger partial charge in [-0.15, -0.1) is 0 Å². The third-order valence-corrected chi connectivity index (χ3v) is 4.21. The maximum Gasteiger partial charge on any atom is 0.328 e. The minimum atomic E-state index is -1.29. The lowest BCUT2D eigenvalue weighted by Gasteiger charge is -2.13. The van der Waals surface area contributed by atoms with Gasteiger partial charge < -0.3 is 26.3 Å². The molecule has 0 saturated carbocycles. The molecule has 0 aliphatic heterocycles. The molecule has 10 nitrogen and oxygen atoms in total. The molecule has 2 amide bonds. The van der Waals surface area contributed by atoms with E-state index >= 15 is 0 Å². The third-order valence-electron chi connectivity index (χ3n) is 3.90. The van der Waals surface area contributed by atoms with Crippen LogP contribution in [0.4, 0.5) is 0 Å². The zero-order valence-electron chi connectivity index (χ0n) is 15.6. The summed E-state index contributed by atoms with van der Waals surface area (Å²) in [6, 6.07) is 9.17. The SMILES string of the molecule is NNC=NC[C@H](NC(=O)c1ccc(C(=O)NCc2cccc(O)c2)cc1Cl)C(=O)O. The van der Waals surface area contributed by atoms with Crippen molar-refractivity contribution in [1.82, 2.24) is 16.1 Å². The molecule has 1 atom stereocenters. The first-order valence-corrected chi connectivity index (χ1v) is 9.03.